The third kappa shape index (κ3) is 3.85. The molecule has 3 nitrogen and oxygen atoms in total. The van der Waals surface area contributed by atoms with Crippen LogP contribution in [0.4, 0.5) is 0 Å². The minimum absolute atomic E-state index is 0.326. The van der Waals surface area contributed by atoms with Crippen LogP contribution in [0, 0.1) is 20.8 Å². The molecule has 0 fully saturated rings. The van der Waals surface area contributed by atoms with E-state index in [-0.39, 0.29) is 5.97 Å². The Morgan fingerprint density at radius 2 is 1.76 bits per heavy atom. The molecule has 0 saturated heterocycles. The first kappa shape index (κ1) is 15.1. The summed E-state index contributed by atoms with van der Waals surface area (Å²) in [5.74, 6) is 1.08. The summed E-state index contributed by atoms with van der Waals surface area (Å²) >= 11 is 0. The molecular formula is C18H20O3. The first-order chi connectivity index (χ1) is 9.97. The topological polar surface area (TPSA) is 35.5 Å². The van der Waals surface area contributed by atoms with E-state index < -0.39 is 0 Å². The van der Waals surface area contributed by atoms with Gasteiger partial charge in [0.05, 0.1) is 0 Å². The van der Waals surface area contributed by atoms with Gasteiger partial charge in [-0.25, -0.2) is 0 Å². The Labute approximate surface area is 125 Å². The lowest BCUT2D eigenvalue weighted by Crippen LogP contribution is -2.07. The number of carbonyl (C=O) groups excluding carboxylic acids is 1. The maximum Gasteiger partial charge on any atom is 0.308 e. The quantitative estimate of drug-likeness (QED) is 0.626. The van der Waals surface area contributed by atoms with Crippen LogP contribution in [0.3, 0.4) is 0 Å². The van der Waals surface area contributed by atoms with Gasteiger partial charge in [0.2, 0.25) is 0 Å². The number of carbonyl (C=O) groups is 1. The molecule has 0 heterocycles. The van der Waals surface area contributed by atoms with Gasteiger partial charge in [-0.3, -0.25) is 4.79 Å². The lowest BCUT2D eigenvalue weighted by atomic mass is 10.1. The van der Waals surface area contributed by atoms with E-state index in [1.165, 1.54) is 12.5 Å². The Hall–Kier alpha value is -2.29. The van der Waals surface area contributed by atoms with Gasteiger partial charge in [-0.15, -0.1) is 0 Å². The molecule has 0 bridgehead atoms. The van der Waals surface area contributed by atoms with Gasteiger partial charge in [-0.2, -0.15) is 0 Å². The van der Waals surface area contributed by atoms with Gasteiger partial charge in [-0.05, 0) is 44.0 Å². The molecule has 0 saturated carbocycles. The Balaban J connectivity index is 2.21. The van der Waals surface area contributed by atoms with Crippen LogP contribution in [0.25, 0.3) is 0 Å². The lowest BCUT2D eigenvalue weighted by Gasteiger charge is -2.14. The molecule has 0 aromatic heterocycles. The molecule has 0 aliphatic carbocycles. The van der Waals surface area contributed by atoms with Crippen LogP contribution < -0.4 is 9.47 Å². The summed E-state index contributed by atoms with van der Waals surface area (Å²) in [7, 11) is 0. The normalized spacial score (nSPS) is 10.3. The highest BCUT2D eigenvalue weighted by Crippen LogP contribution is 2.26. The predicted octanol–water partition coefficient (Wildman–Crippen LogP) is 4.12. The lowest BCUT2D eigenvalue weighted by molar-refractivity contribution is -0.131. The number of esters is 1. The molecular weight excluding hydrogens is 264 g/mol. The molecule has 0 spiro atoms. The van der Waals surface area contributed by atoms with E-state index in [1.807, 2.05) is 38.1 Å². The van der Waals surface area contributed by atoms with E-state index >= 15 is 0 Å². The molecule has 3 heteroatoms. The van der Waals surface area contributed by atoms with Gasteiger partial charge < -0.3 is 9.47 Å². The van der Waals surface area contributed by atoms with Gasteiger partial charge in [0.25, 0.3) is 0 Å². The second-order valence-corrected chi connectivity index (χ2v) is 5.20. The first-order valence-electron chi connectivity index (χ1n) is 6.94. The summed E-state index contributed by atoms with van der Waals surface area (Å²) in [5, 5.41) is 0. The molecule has 0 unspecified atom stereocenters. The molecule has 2 rings (SSSR count). The molecule has 0 radical (unpaired) electrons. The fourth-order valence-electron chi connectivity index (χ4n) is 2.22. The van der Waals surface area contributed by atoms with Crippen LogP contribution in [0.1, 0.15) is 29.2 Å². The SMILES string of the molecule is CC(=O)Oc1cccc(C)c1COc1ccc(C)cc1C. The van der Waals surface area contributed by atoms with E-state index in [1.54, 1.807) is 6.07 Å². The van der Waals surface area contributed by atoms with Crippen molar-refractivity contribution in [1.82, 2.24) is 0 Å². The molecule has 2 aromatic rings. The van der Waals surface area contributed by atoms with Crippen LogP contribution in [0.15, 0.2) is 36.4 Å². The number of hydrogen-bond acceptors (Lipinski definition) is 3. The van der Waals surface area contributed by atoms with Crippen molar-refractivity contribution in [2.75, 3.05) is 0 Å². The molecule has 0 aliphatic heterocycles. The van der Waals surface area contributed by atoms with Crippen molar-refractivity contribution in [3.63, 3.8) is 0 Å². The summed E-state index contributed by atoms with van der Waals surface area (Å²) in [6.45, 7) is 7.83. The van der Waals surface area contributed by atoms with Crippen molar-refractivity contribution >= 4 is 5.97 Å². The predicted molar refractivity (Wildman–Crippen MR) is 82.7 cm³/mol. The van der Waals surface area contributed by atoms with Crippen molar-refractivity contribution in [2.24, 2.45) is 0 Å². The van der Waals surface area contributed by atoms with Gasteiger partial charge in [0, 0.05) is 12.5 Å². The van der Waals surface area contributed by atoms with E-state index in [2.05, 4.69) is 13.0 Å². The number of benzene rings is 2. The minimum atomic E-state index is -0.326. The number of hydrogen-bond donors (Lipinski definition) is 0. The van der Waals surface area contributed by atoms with Crippen LogP contribution in [0.2, 0.25) is 0 Å². The van der Waals surface area contributed by atoms with Crippen molar-refractivity contribution in [1.29, 1.82) is 0 Å². The highest BCUT2D eigenvalue weighted by molar-refractivity contribution is 5.70. The summed E-state index contributed by atoms with van der Waals surface area (Å²) in [6.07, 6.45) is 0. The molecule has 0 N–H and O–H groups in total. The Morgan fingerprint density at radius 3 is 2.43 bits per heavy atom. The number of aryl methyl sites for hydroxylation is 3. The molecule has 2 aromatic carbocycles. The molecule has 21 heavy (non-hydrogen) atoms. The second-order valence-electron chi connectivity index (χ2n) is 5.20. The van der Waals surface area contributed by atoms with Crippen LogP contribution >= 0.6 is 0 Å². The van der Waals surface area contributed by atoms with Crippen LogP contribution in [-0.2, 0) is 11.4 Å². The van der Waals surface area contributed by atoms with Crippen molar-refractivity contribution < 1.29 is 14.3 Å². The Bertz CT molecular complexity index is 660. The van der Waals surface area contributed by atoms with Gasteiger partial charge >= 0.3 is 5.97 Å². The monoisotopic (exact) mass is 284 g/mol. The summed E-state index contributed by atoms with van der Waals surface area (Å²) in [5.41, 5.74) is 4.24. The fraction of sp³-hybridized carbons (Fsp3) is 0.278. The second kappa shape index (κ2) is 6.44. The average molecular weight is 284 g/mol. The zero-order valence-corrected chi connectivity index (χ0v) is 12.9. The Morgan fingerprint density at radius 1 is 1.00 bits per heavy atom. The van der Waals surface area contributed by atoms with Gasteiger partial charge in [0.1, 0.15) is 18.1 Å². The third-order valence-electron chi connectivity index (χ3n) is 3.32. The zero-order valence-electron chi connectivity index (χ0n) is 12.9. The molecule has 0 aliphatic rings. The van der Waals surface area contributed by atoms with Crippen LogP contribution in [0.5, 0.6) is 11.5 Å². The maximum absolute atomic E-state index is 11.2. The maximum atomic E-state index is 11.2. The van der Waals surface area contributed by atoms with Gasteiger partial charge in [-0.1, -0.05) is 29.8 Å². The van der Waals surface area contributed by atoms with Crippen LogP contribution in [-0.4, -0.2) is 5.97 Å². The van der Waals surface area contributed by atoms with E-state index in [4.69, 9.17) is 9.47 Å². The smallest absolute Gasteiger partial charge is 0.308 e. The van der Waals surface area contributed by atoms with Crippen molar-refractivity contribution in [3.05, 3.63) is 58.7 Å². The molecule has 110 valence electrons. The summed E-state index contributed by atoms with van der Waals surface area (Å²) in [6, 6.07) is 11.7. The largest absolute Gasteiger partial charge is 0.488 e. The Kier molecular flexibility index (Phi) is 4.63. The zero-order chi connectivity index (χ0) is 15.4. The average Bonchev–Trinajstić information content (AvgIpc) is 2.39. The van der Waals surface area contributed by atoms with E-state index in [0.717, 1.165) is 22.4 Å². The highest BCUT2D eigenvalue weighted by atomic mass is 16.5. The minimum Gasteiger partial charge on any atom is -0.488 e. The number of ether oxygens (including phenoxy) is 2. The molecule has 0 amide bonds. The van der Waals surface area contributed by atoms with Gasteiger partial charge in [0.15, 0.2) is 0 Å². The van der Waals surface area contributed by atoms with E-state index in [9.17, 15) is 4.79 Å². The highest BCUT2D eigenvalue weighted by Gasteiger charge is 2.10. The van der Waals surface area contributed by atoms with Crippen molar-refractivity contribution in [3.8, 4) is 11.5 Å². The number of rotatable bonds is 4. The summed E-state index contributed by atoms with van der Waals surface area (Å²) < 4.78 is 11.1. The van der Waals surface area contributed by atoms with Crippen molar-refractivity contribution in [2.45, 2.75) is 34.3 Å². The fourth-order valence-corrected chi connectivity index (χ4v) is 2.22. The third-order valence-corrected chi connectivity index (χ3v) is 3.32. The standard InChI is InChI=1S/C18H20O3/c1-12-8-9-17(14(3)10-12)20-11-16-13(2)6-5-7-18(16)21-15(4)19/h5-10H,11H2,1-4H3. The summed E-state index contributed by atoms with van der Waals surface area (Å²) in [4.78, 5) is 11.2. The molecule has 0 atom stereocenters. The first-order valence-corrected chi connectivity index (χ1v) is 6.94. The van der Waals surface area contributed by atoms with E-state index in [0.29, 0.717) is 12.4 Å².